The lowest BCUT2D eigenvalue weighted by molar-refractivity contribution is 0.104. The standard InChI is InChI=1S/C23H19NO2/c24-14-3-4-15-26-22-9-5-6-18(16-22)10-13-23(25)21-12-11-19-7-1-2-8-20(19)17-21/h1-2,5-13,16-17H,3-4,15H2/b13-10+. The first-order valence-corrected chi connectivity index (χ1v) is 8.57. The van der Waals surface area contributed by atoms with E-state index in [2.05, 4.69) is 6.07 Å². The van der Waals surface area contributed by atoms with Crippen LogP contribution in [0.5, 0.6) is 5.75 Å². The van der Waals surface area contributed by atoms with Crippen LogP contribution in [0.3, 0.4) is 0 Å². The van der Waals surface area contributed by atoms with E-state index >= 15 is 0 Å². The molecule has 0 N–H and O–H groups in total. The van der Waals surface area contributed by atoms with Gasteiger partial charge in [-0.1, -0.05) is 54.6 Å². The fourth-order valence-electron chi connectivity index (χ4n) is 2.66. The predicted octanol–water partition coefficient (Wildman–Crippen LogP) is 5.42. The van der Waals surface area contributed by atoms with Crippen molar-refractivity contribution >= 4 is 22.6 Å². The number of carbonyl (C=O) groups excluding carboxylic acids is 1. The number of hydrogen-bond acceptors (Lipinski definition) is 3. The Labute approximate surface area is 153 Å². The fraction of sp³-hybridized carbons (Fsp3) is 0.130. The molecule has 0 fully saturated rings. The molecule has 0 radical (unpaired) electrons. The van der Waals surface area contributed by atoms with E-state index in [9.17, 15) is 4.79 Å². The zero-order valence-electron chi connectivity index (χ0n) is 14.4. The second kappa shape index (κ2) is 8.64. The molecule has 0 aliphatic carbocycles. The van der Waals surface area contributed by atoms with Crippen LogP contribution >= 0.6 is 0 Å². The summed E-state index contributed by atoms with van der Waals surface area (Å²) in [7, 11) is 0. The maximum Gasteiger partial charge on any atom is 0.185 e. The quantitative estimate of drug-likeness (QED) is 0.327. The van der Waals surface area contributed by atoms with Crippen LogP contribution in [0.15, 0.2) is 72.8 Å². The number of carbonyl (C=O) groups is 1. The molecular weight excluding hydrogens is 322 g/mol. The van der Waals surface area contributed by atoms with Gasteiger partial charge in [0.15, 0.2) is 5.78 Å². The molecule has 0 spiro atoms. The summed E-state index contributed by atoms with van der Waals surface area (Å²) in [5.41, 5.74) is 1.57. The van der Waals surface area contributed by atoms with Crippen LogP contribution in [0.25, 0.3) is 16.8 Å². The SMILES string of the molecule is N#CCCCOc1cccc(/C=C/C(=O)c2ccc3ccccc3c2)c1. The van der Waals surface area contributed by atoms with Crippen molar-refractivity contribution in [3.63, 3.8) is 0 Å². The molecule has 0 saturated heterocycles. The highest BCUT2D eigenvalue weighted by atomic mass is 16.5. The molecule has 0 aliphatic heterocycles. The van der Waals surface area contributed by atoms with Gasteiger partial charge in [0.25, 0.3) is 0 Å². The number of benzene rings is 3. The highest BCUT2D eigenvalue weighted by Gasteiger charge is 2.03. The van der Waals surface area contributed by atoms with Gasteiger partial charge in [0.2, 0.25) is 0 Å². The van der Waals surface area contributed by atoms with Gasteiger partial charge in [0.1, 0.15) is 5.75 Å². The Balaban J connectivity index is 1.68. The van der Waals surface area contributed by atoms with E-state index in [-0.39, 0.29) is 5.78 Å². The predicted molar refractivity (Wildman–Crippen MR) is 104 cm³/mol. The molecule has 0 saturated carbocycles. The second-order valence-corrected chi connectivity index (χ2v) is 5.94. The Morgan fingerprint density at radius 1 is 1.00 bits per heavy atom. The third-order valence-electron chi connectivity index (χ3n) is 4.02. The van der Waals surface area contributed by atoms with Gasteiger partial charge in [-0.15, -0.1) is 0 Å². The van der Waals surface area contributed by atoms with Crippen LogP contribution in [-0.4, -0.2) is 12.4 Å². The van der Waals surface area contributed by atoms with Gasteiger partial charge in [-0.3, -0.25) is 4.79 Å². The lowest BCUT2D eigenvalue weighted by Crippen LogP contribution is -1.97. The van der Waals surface area contributed by atoms with Gasteiger partial charge in [-0.05, 0) is 47.0 Å². The number of nitriles is 1. The Kier molecular flexibility index (Phi) is 5.80. The van der Waals surface area contributed by atoms with E-state index in [1.54, 1.807) is 12.2 Å². The van der Waals surface area contributed by atoms with E-state index in [1.807, 2.05) is 66.7 Å². The molecule has 26 heavy (non-hydrogen) atoms. The van der Waals surface area contributed by atoms with Crippen LogP contribution < -0.4 is 4.74 Å². The number of nitrogens with zero attached hydrogens (tertiary/aromatic N) is 1. The van der Waals surface area contributed by atoms with Crippen molar-refractivity contribution in [1.82, 2.24) is 0 Å². The Bertz CT molecular complexity index is 983. The summed E-state index contributed by atoms with van der Waals surface area (Å²) in [5, 5.41) is 10.7. The summed E-state index contributed by atoms with van der Waals surface area (Å²) >= 11 is 0. The molecule has 128 valence electrons. The molecule has 0 aromatic heterocycles. The van der Waals surface area contributed by atoms with E-state index in [0.717, 1.165) is 22.1 Å². The van der Waals surface area contributed by atoms with Gasteiger partial charge < -0.3 is 4.74 Å². The van der Waals surface area contributed by atoms with Crippen molar-refractivity contribution < 1.29 is 9.53 Å². The molecule has 0 heterocycles. The molecule has 3 aromatic rings. The molecule has 0 bridgehead atoms. The van der Waals surface area contributed by atoms with Crippen LogP contribution in [0, 0.1) is 11.3 Å². The maximum absolute atomic E-state index is 12.4. The minimum Gasteiger partial charge on any atom is -0.494 e. The number of rotatable bonds is 7. The van der Waals surface area contributed by atoms with Gasteiger partial charge in [0.05, 0.1) is 12.7 Å². The van der Waals surface area contributed by atoms with Crippen molar-refractivity contribution in [2.24, 2.45) is 0 Å². The molecule has 3 heteroatoms. The maximum atomic E-state index is 12.4. The highest BCUT2D eigenvalue weighted by molar-refractivity contribution is 6.08. The zero-order valence-corrected chi connectivity index (χ0v) is 14.4. The summed E-state index contributed by atoms with van der Waals surface area (Å²) in [5.74, 6) is 0.708. The number of hydrogen-bond donors (Lipinski definition) is 0. The largest absolute Gasteiger partial charge is 0.494 e. The molecule has 0 amide bonds. The van der Waals surface area contributed by atoms with Gasteiger partial charge >= 0.3 is 0 Å². The van der Waals surface area contributed by atoms with Crippen molar-refractivity contribution in [3.05, 3.63) is 83.9 Å². The van der Waals surface area contributed by atoms with E-state index in [0.29, 0.717) is 25.0 Å². The summed E-state index contributed by atoms with van der Waals surface area (Å²) in [4.78, 5) is 12.4. The van der Waals surface area contributed by atoms with E-state index in [1.165, 1.54) is 0 Å². The number of ketones is 1. The molecule has 3 rings (SSSR count). The van der Waals surface area contributed by atoms with Crippen molar-refractivity contribution in [1.29, 1.82) is 5.26 Å². The topological polar surface area (TPSA) is 50.1 Å². The van der Waals surface area contributed by atoms with Crippen molar-refractivity contribution in [2.45, 2.75) is 12.8 Å². The first-order valence-electron chi connectivity index (χ1n) is 8.57. The second-order valence-electron chi connectivity index (χ2n) is 5.94. The Morgan fingerprint density at radius 2 is 1.85 bits per heavy atom. The van der Waals surface area contributed by atoms with Crippen molar-refractivity contribution in [3.8, 4) is 11.8 Å². The lowest BCUT2D eigenvalue weighted by Gasteiger charge is -2.05. The zero-order chi connectivity index (χ0) is 18.2. The molecule has 0 aliphatic rings. The minimum absolute atomic E-state index is 0.0314. The van der Waals surface area contributed by atoms with E-state index in [4.69, 9.17) is 10.00 Å². The number of fused-ring (bicyclic) bond motifs is 1. The fourth-order valence-corrected chi connectivity index (χ4v) is 2.66. The molecule has 0 unspecified atom stereocenters. The molecule has 0 atom stereocenters. The number of allylic oxidation sites excluding steroid dienone is 1. The van der Waals surface area contributed by atoms with Crippen LogP contribution in [0.4, 0.5) is 0 Å². The van der Waals surface area contributed by atoms with Gasteiger partial charge in [-0.25, -0.2) is 0 Å². The average Bonchev–Trinajstić information content (AvgIpc) is 2.69. The Hall–Kier alpha value is -3.38. The monoisotopic (exact) mass is 341 g/mol. The number of ether oxygens (including phenoxy) is 1. The van der Waals surface area contributed by atoms with Crippen LogP contribution in [-0.2, 0) is 0 Å². The smallest absolute Gasteiger partial charge is 0.185 e. The van der Waals surface area contributed by atoms with Gasteiger partial charge in [-0.2, -0.15) is 5.26 Å². The third-order valence-corrected chi connectivity index (χ3v) is 4.02. The highest BCUT2D eigenvalue weighted by Crippen LogP contribution is 2.18. The number of unbranched alkanes of at least 4 members (excludes halogenated alkanes) is 1. The summed E-state index contributed by atoms with van der Waals surface area (Å²) < 4.78 is 5.62. The average molecular weight is 341 g/mol. The summed E-state index contributed by atoms with van der Waals surface area (Å²) in [6.07, 6.45) is 4.56. The van der Waals surface area contributed by atoms with Gasteiger partial charge in [0, 0.05) is 12.0 Å². The normalized spacial score (nSPS) is 10.7. The first kappa shape index (κ1) is 17.4. The van der Waals surface area contributed by atoms with E-state index < -0.39 is 0 Å². The summed E-state index contributed by atoms with van der Waals surface area (Å²) in [6.45, 7) is 0.511. The molecular formula is C23H19NO2. The minimum atomic E-state index is -0.0314. The Morgan fingerprint density at radius 3 is 2.69 bits per heavy atom. The molecule has 3 nitrogen and oxygen atoms in total. The van der Waals surface area contributed by atoms with Crippen LogP contribution in [0.1, 0.15) is 28.8 Å². The first-order chi connectivity index (χ1) is 12.8. The van der Waals surface area contributed by atoms with Crippen molar-refractivity contribution in [2.75, 3.05) is 6.61 Å². The summed E-state index contributed by atoms with van der Waals surface area (Å²) in [6, 6.07) is 23.4. The third kappa shape index (κ3) is 4.58. The lowest BCUT2D eigenvalue weighted by atomic mass is 10.0. The molecule has 3 aromatic carbocycles. The van der Waals surface area contributed by atoms with Crippen LogP contribution in [0.2, 0.25) is 0 Å².